The van der Waals surface area contributed by atoms with Gasteiger partial charge in [-0.2, -0.15) is 9.13 Å². The first-order valence-electron chi connectivity index (χ1n) is 31.9. The molecule has 0 N–H and O–H groups in total. The summed E-state index contributed by atoms with van der Waals surface area (Å²) < 4.78 is 6.93. The van der Waals surface area contributed by atoms with Crippen LogP contribution in [0.3, 0.4) is 0 Å². The zero-order chi connectivity index (χ0) is 62.9. The molecule has 6 aromatic carbocycles. The predicted molar refractivity (Wildman–Crippen MR) is 369 cm³/mol. The third-order valence-electron chi connectivity index (χ3n) is 20.1. The van der Waals surface area contributed by atoms with Crippen molar-refractivity contribution in [2.75, 3.05) is 0 Å². The van der Waals surface area contributed by atoms with E-state index >= 15 is 0 Å². The number of fused-ring (bicyclic) bond motifs is 12. The Kier molecular flexibility index (Phi) is 14.3. The third kappa shape index (κ3) is 9.68. The number of benzene rings is 6. The van der Waals surface area contributed by atoms with Gasteiger partial charge in [0.15, 0.2) is 6.20 Å². The highest BCUT2D eigenvalue weighted by Crippen LogP contribution is 2.53. The Morgan fingerprint density at radius 3 is 1.28 bits per heavy atom. The summed E-state index contributed by atoms with van der Waals surface area (Å²) in [7, 11) is 6.51. The topological polar surface area (TPSA) is 50.3 Å². The minimum Gasteiger partial charge on any atom is -0.257 e. The van der Waals surface area contributed by atoms with Crippen molar-refractivity contribution in [1.82, 2.24) is 15.0 Å². The smallest absolute Gasteiger partial charge is 0.220 e. The summed E-state index contributed by atoms with van der Waals surface area (Å²) in [4.78, 5) is 14.8. The first-order chi connectivity index (χ1) is 42.3. The van der Waals surface area contributed by atoms with E-state index in [9.17, 15) is 0 Å². The standard InChI is InChI=1S/C30H33N2.C27H27N2.C26H25N2/c1-18(2)15-21-9-8-10-27-22(21)13-14-28(32(27)7)24-17-25-23-12-11-20(4)31-29(23)30(5,6)26(25)16-19(24)3;1-16-8-7-9-24-19(16)12-13-25(29(24)6)21-15-22-20-11-10-18(3)28-26(20)27(4,5)23(22)14-17(21)2;1-16-14-23-22(20-11-10-17(2)27-25(20)26(23,3)4)15-21(16)24-19-9-7-6-8-18(19)12-13-28(24)5/h8-14,16-18H,15H2,1-7H3;7-15H,1-6H3;6-15H,1-5H3/q3*+1. The van der Waals surface area contributed by atoms with Crippen LogP contribution in [0.5, 0.6) is 0 Å². The summed E-state index contributed by atoms with van der Waals surface area (Å²) in [5, 5.41) is 5.23. The molecule has 444 valence electrons. The third-order valence-corrected chi connectivity index (χ3v) is 20.1. The van der Waals surface area contributed by atoms with Gasteiger partial charge >= 0.3 is 0 Å². The van der Waals surface area contributed by atoms with Gasteiger partial charge in [-0.25, -0.2) is 4.57 Å². The van der Waals surface area contributed by atoms with Crippen molar-refractivity contribution in [3.05, 3.63) is 249 Å². The maximum absolute atomic E-state index is 4.94. The molecule has 3 aliphatic carbocycles. The molecule has 0 fully saturated rings. The molecule has 0 unspecified atom stereocenters. The van der Waals surface area contributed by atoms with Crippen molar-refractivity contribution in [2.24, 2.45) is 27.1 Å². The summed E-state index contributed by atoms with van der Waals surface area (Å²) in [6.07, 6.45) is 3.26. The molecule has 6 heteroatoms. The van der Waals surface area contributed by atoms with Gasteiger partial charge in [-0.05, 0) is 182 Å². The number of aromatic nitrogens is 6. The van der Waals surface area contributed by atoms with Gasteiger partial charge in [-0.1, -0.05) is 134 Å². The molecule has 0 bridgehead atoms. The van der Waals surface area contributed by atoms with Gasteiger partial charge in [0, 0.05) is 102 Å². The fraction of sp³-hybridized carbons (Fsp3) is 0.277. The zero-order valence-corrected chi connectivity index (χ0v) is 55.6. The summed E-state index contributed by atoms with van der Waals surface area (Å²) in [5.74, 6) is 0.644. The Balaban J connectivity index is 0.000000123. The Morgan fingerprint density at radius 2 is 0.798 bits per heavy atom. The fourth-order valence-corrected chi connectivity index (χ4v) is 15.2. The second-order valence-electron chi connectivity index (χ2n) is 27.9. The Hall–Kier alpha value is -9.00. The van der Waals surface area contributed by atoms with Crippen LogP contribution in [0, 0.1) is 54.4 Å². The van der Waals surface area contributed by atoms with E-state index in [1.807, 2.05) is 0 Å². The number of hydrogen-bond acceptors (Lipinski definition) is 3. The van der Waals surface area contributed by atoms with E-state index in [1.54, 1.807) is 0 Å². The molecule has 6 nitrogen and oxygen atoms in total. The largest absolute Gasteiger partial charge is 0.257 e. The maximum Gasteiger partial charge on any atom is 0.220 e. The molecule has 0 amide bonds. The van der Waals surface area contributed by atoms with Crippen LogP contribution in [0.4, 0.5) is 0 Å². The van der Waals surface area contributed by atoms with Crippen LogP contribution in [-0.2, 0) is 43.8 Å². The van der Waals surface area contributed by atoms with Gasteiger partial charge in [-0.15, -0.1) is 0 Å². The van der Waals surface area contributed by atoms with Crippen molar-refractivity contribution >= 4 is 32.6 Å². The monoisotopic (exact) mass is 1170 g/mol. The lowest BCUT2D eigenvalue weighted by atomic mass is 9.83. The molecule has 0 radical (unpaired) electrons. The van der Waals surface area contributed by atoms with Gasteiger partial charge in [0.2, 0.25) is 28.1 Å². The van der Waals surface area contributed by atoms with Gasteiger partial charge in [-0.3, -0.25) is 15.0 Å². The Bertz CT molecular complexity index is 4940. The molecule has 3 aliphatic rings. The van der Waals surface area contributed by atoms with Crippen molar-refractivity contribution in [2.45, 2.75) is 127 Å². The molecule has 6 heterocycles. The molecule has 15 rings (SSSR count). The molecule has 0 saturated heterocycles. The number of rotatable bonds is 5. The Labute approximate surface area is 527 Å². The quantitative estimate of drug-likeness (QED) is 0.161. The van der Waals surface area contributed by atoms with Crippen LogP contribution in [0.25, 0.3) is 99.7 Å². The highest BCUT2D eigenvalue weighted by Gasteiger charge is 2.41. The molecule has 12 aromatic rings. The van der Waals surface area contributed by atoms with Gasteiger partial charge in [0.25, 0.3) is 0 Å². The minimum absolute atomic E-state index is 0.0668. The molecular formula is C83H85N6+3. The van der Waals surface area contributed by atoms with Gasteiger partial charge < -0.3 is 0 Å². The highest BCUT2D eigenvalue weighted by atomic mass is 14.9. The average molecular weight is 1170 g/mol. The normalized spacial score (nSPS) is 14.1. The van der Waals surface area contributed by atoms with Crippen molar-refractivity contribution in [1.29, 1.82) is 0 Å². The molecule has 0 atom stereocenters. The van der Waals surface area contributed by atoms with Crippen molar-refractivity contribution in [3.8, 4) is 67.2 Å². The molecule has 0 aliphatic heterocycles. The highest BCUT2D eigenvalue weighted by molar-refractivity contribution is 5.96. The molecule has 89 heavy (non-hydrogen) atoms. The molecule has 0 spiro atoms. The van der Waals surface area contributed by atoms with Gasteiger partial charge in [0.1, 0.15) is 21.1 Å². The van der Waals surface area contributed by atoms with Crippen molar-refractivity contribution in [3.63, 3.8) is 0 Å². The summed E-state index contributed by atoms with van der Waals surface area (Å²) >= 11 is 0. The number of hydrogen-bond donors (Lipinski definition) is 0. The van der Waals surface area contributed by atoms with E-state index < -0.39 is 0 Å². The van der Waals surface area contributed by atoms with E-state index in [0.717, 1.165) is 23.5 Å². The van der Waals surface area contributed by atoms with Gasteiger partial charge in [0.05, 0.1) is 28.0 Å². The van der Waals surface area contributed by atoms with Crippen LogP contribution < -0.4 is 13.7 Å². The van der Waals surface area contributed by atoms with E-state index in [4.69, 9.17) is 15.0 Å². The average Bonchev–Trinajstić information content (AvgIpc) is 1.63. The number of aryl methyl sites for hydroxylation is 10. The predicted octanol–water partition coefficient (Wildman–Crippen LogP) is 18.5. The van der Waals surface area contributed by atoms with Crippen LogP contribution >= 0.6 is 0 Å². The van der Waals surface area contributed by atoms with E-state index in [0.29, 0.717) is 5.92 Å². The number of nitrogens with zero attached hydrogens (tertiary/aromatic N) is 6. The molecular weight excluding hydrogens is 1080 g/mol. The lowest BCUT2D eigenvalue weighted by molar-refractivity contribution is -0.659. The van der Waals surface area contributed by atoms with E-state index in [1.165, 1.54) is 161 Å². The van der Waals surface area contributed by atoms with Crippen LogP contribution in [0.15, 0.2) is 170 Å². The van der Waals surface area contributed by atoms with Crippen LogP contribution in [0.1, 0.15) is 134 Å². The lowest BCUT2D eigenvalue weighted by Gasteiger charge is -2.21. The number of pyridine rings is 6. The van der Waals surface area contributed by atoms with E-state index in [2.05, 4.69) is 309 Å². The Morgan fingerprint density at radius 1 is 0.371 bits per heavy atom. The summed E-state index contributed by atoms with van der Waals surface area (Å²) in [6, 6.07) is 60.7. The minimum atomic E-state index is -0.0721. The van der Waals surface area contributed by atoms with E-state index in [-0.39, 0.29) is 16.2 Å². The lowest BCUT2D eigenvalue weighted by Crippen LogP contribution is -2.32. The maximum atomic E-state index is 4.94. The van der Waals surface area contributed by atoms with Crippen LogP contribution in [0.2, 0.25) is 0 Å². The summed E-state index contributed by atoms with van der Waals surface area (Å²) in [5.41, 5.74) is 35.4. The zero-order valence-electron chi connectivity index (χ0n) is 55.6. The molecule has 6 aromatic heterocycles. The second kappa shape index (κ2) is 21.6. The first kappa shape index (κ1) is 59.0. The van der Waals surface area contributed by atoms with Crippen LogP contribution in [-0.4, -0.2) is 15.0 Å². The molecule has 0 saturated carbocycles. The first-order valence-corrected chi connectivity index (χ1v) is 31.9. The van der Waals surface area contributed by atoms with Crippen molar-refractivity contribution < 1.29 is 13.7 Å². The SMILES string of the molecule is Cc1ccc2c(n1)C(C)(C)c1cc(C)c(-c3c4ccccc4cc[n+]3C)cc1-2.Cc1ccc2c(n1)C(C)(C)c1cc(C)c(-c3ccc4c(C)cccc4[n+]3C)cc1-2.Cc1ccc2c(n1)C(C)(C)c1cc(C)c(-c3ccc4c(CC(C)C)cccc4[n+]3C)cc1-2. The summed E-state index contributed by atoms with van der Waals surface area (Å²) in [6.45, 7) is 33.5. The fourth-order valence-electron chi connectivity index (χ4n) is 15.2. The second-order valence-corrected chi connectivity index (χ2v) is 27.9.